The molecule has 3 amide bonds. The van der Waals surface area contributed by atoms with Crippen molar-refractivity contribution >= 4 is 17.7 Å². The van der Waals surface area contributed by atoms with E-state index in [2.05, 4.69) is 4.98 Å². The highest BCUT2D eigenvalue weighted by atomic mass is 16.5. The number of ether oxygens (including phenoxy) is 1. The molecule has 0 radical (unpaired) electrons. The van der Waals surface area contributed by atoms with E-state index in [4.69, 9.17) is 10.5 Å². The molecule has 162 valence electrons. The van der Waals surface area contributed by atoms with E-state index < -0.39 is 5.91 Å². The molecule has 0 aliphatic carbocycles. The van der Waals surface area contributed by atoms with Gasteiger partial charge in [-0.1, -0.05) is 12.1 Å². The molecule has 2 saturated heterocycles. The molecule has 0 unspecified atom stereocenters. The molecule has 2 aliphatic heterocycles. The monoisotopic (exact) mass is 422 g/mol. The van der Waals surface area contributed by atoms with Gasteiger partial charge in [0.05, 0.1) is 12.7 Å². The second kappa shape index (κ2) is 8.37. The van der Waals surface area contributed by atoms with Gasteiger partial charge in [-0.05, 0) is 42.7 Å². The minimum absolute atomic E-state index is 0.00509. The molecular weight excluding hydrogens is 396 g/mol. The summed E-state index contributed by atoms with van der Waals surface area (Å²) < 4.78 is 5.19. The van der Waals surface area contributed by atoms with Crippen molar-refractivity contribution in [2.75, 3.05) is 26.7 Å². The molecule has 1 aromatic carbocycles. The zero-order valence-corrected chi connectivity index (χ0v) is 17.5. The number of pyridine rings is 1. The Hall–Kier alpha value is -3.42. The van der Waals surface area contributed by atoms with Gasteiger partial charge in [-0.15, -0.1) is 0 Å². The van der Waals surface area contributed by atoms with Crippen LogP contribution >= 0.6 is 0 Å². The Bertz CT molecular complexity index is 997. The number of amides is 3. The molecule has 0 saturated carbocycles. The number of nitrogens with zero attached hydrogens (tertiary/aromatic N) is 3. The second-order valence-corrected chi connectivity index (χ2v) is 8.33. The molecule has 8 nitrogen and oxygen atoms in total. The van der Waals surface area contributed by atoms with Gasteiger partial charge in [0, 0.05) is 44.2 Å². The van der Waals surface area contributed by atoms with Crippen LogP contribution < -0.4 is 10.5 Å². The van der Waals surface area contributed by atoms with Crippen molar-refractivity contribution in [3.8, 4) is 5.75 Å². The van der Waals surface area contributed by atoms with E-state index >= 15 is 0 Å². The number of primary amides is 1. The number of methoxy groups -OCH3 is 1. The van der Waals surface area contributed by atoms with E-state index in [-0.39, 0.29) is 28.5 Å². The molecule has 2 fully saturated rings. The summed E-state index contributed by atoms with van der Waals surface area (Å²) in [5.74, 6) is -0.0128. The predicted molar refractivity (Wildman–Crippen MR) is 113 cm³/mol. The molecule has 2 N–H and O–H groups in total. The standard InChI is InChI=1S/C23H26N4O4/c1-31-17-6-4-16(5-7-17)14-27-15-23(13-19(27)28)8-11-26(12-9-23)22(30)18-3-2-10-25-20(18)21(24)29/h2-7,10H,8-9,11-15H2,1H3,(H2,24,29). The van der Waals surface area contributed by atoms with E-state index in [1.165, 1.54) is 6.20 Å². The normalized spacial score (nSPS) is 17.8. The van der Waals surface area contributed by atoms with E-state index in [0.29, 0.717) is 32.6 Å². The summed E-state index contributed by atoms with van der Waals surface area (Å²) in [7, 11) is 1.63. The molecule has 2 aliphatic rings. The van der Waals surface area contributed by atoms with Crippen LogP contribution in [0.2, 0.25) is 0 Å². The summed E-state index contributed by atoms with van der Waals surface area (Å²) in [6, 6.07) is 10.9. The number of nitrogens with two attached hydrogens (primary N) is 1. The first-order valence-electron chi connectivity index (χ1n) is 10.4. The number of piperidine rings is 1. The minimum Gasteiger partial charge on any atom is -0.497 e. The average Bonchev–Trinajstić information content (AvgIpc) is 3.08. The Labute approximate surface area is 181 Å². The lowest BCUT2D eigenvalue weighted by molar-refractivity contribution is -0.128. The van der Waals surface area contributed by atoms with Crippen molar-refractivity contribution in [1.82, 2.24) is 14.8 Å². The van der Waals surface area contributed by atoms with Gasteiger partial charge in [0.2, 0.25) is 5.91 Å². The van der Waals surface area contributed by atoms with Gasteiger partial charge in [0.1, 0.15) is 11.4 Å². The van der Waals surface area contributed by atoms with Crippen molar-refractivity contribution < 1.29 is 19.1 Å². The third-order valence-corrected chi connectivity index (χ3v) is 6.32. The van der Waals surface area contributed by atoms with E-state index in [1.807, 2.05) is 29.2 Å². The Balaban J connectivity index is 1.39. The highest BCUT2D eigenvalue weighted by molar-refractivity contribution is 6.05. The van der Waals surface area contributed by atoms with Crippen LogP contribution in [0, 0.1) is 5.41 Å². The fraction of sp³-hybridized carbons (Fsp3) is 0.391. The van der Waals surface area contributed by atoms with Crippen LogP contribution in [0.4, 0.5) is 0 Å². The maximum Gasteiger partial charge on any atom is 0.268 e. The van der Waals surface area contributed by atoms with Gasteiger partial charge in [0.15, 0.2) is 0 Å². The van der Waals surface area contributed by atoms with Crippen LogP contribution in [0.1, 0.15) is 45.7 Å². The van der Waals surface area contributed by atoms with Crippen LogP contribution in [0.15, 0.2) is 42.6 Å². The van der Waals surface area contributed by atoms with Crippen molar-refractivity contribution in [3.63, 3.8) is 0 Å². The van der Waals surface area contributed by atoms with E-state index in [0.717, 1.165) is 24.2 Å². The van der Waals surface area contributed by atoms with E-state index in [1.54, 1.807) is 24.1 Å². The van der Waals surface area contributed by atoms with Crippen molar-refractivity contribution in [3.05, 3.63) is 59.4 Å². The van der Waals surface area contributed by atoms with Gasteiger partial charge in [-0.25, -0.2) is 0 Å². The van der Waals surface area contributed by atoms with Crippen LogP contribution in [0.3, 0.4) is 0 Å². The molecule has 8 heteroatoms. The fourth-order valence-electron chi connectivity index (χ4n) is 4.54. The number of aromatic nitrogens is 1. The molecule has 0 atom stereocenters. The summed E-state index contributed by atoms with van der Waals surface area (Å²) in [6.45, 7) is 2.34. The van der Waals surface area contributed by atoms with Crippen molar-refractivity contribution in [2.45, 2.75) is 25.8 Å². The van der Waals surface area contributed by atoms with Crippen LogP contribution in [0.5, 0.6) is 5.75 Å². The summed E-state index contributed by atoms with van der Waals surface area (Å²) in [4.78, 5) is 44.8. The second-order valence-electron chi connectivity index (χ2n) is 8.33. The molecular formula is C23H26N4O4. The number of carbonyl (C=O) groups is 3. The Kier molecular flexibility index (Phi) is 5.63. The summed E-state index contributed by atoms with van der Waals surface area (Å²) in [5.41, 5.74) is 6.55. The molecule has 1 spiro atoms. The molecule has 1 aromatic heterocycles. The Morgan fingerprint density at radius 2 is 1.87 bits per heavy atom. The first kappa shape index (κ1) is 20.8. The Morgan fingerprint density at radius 3 is 2.52 bits per heavy atom. The number of hydrogen-bond donors (Lipinski definition) is 1. The lowest BCUT2D eigenvalue weighted by Crippen LogP contribution is -2.44. The summed E-state index contributed by atoms with van der Waals surface area (Å²) in [6.07, 6.45) is 3.44. The lowest BCUT2D eigenvalue weighted by Gasteiger charge is -2.39. The SMILES string of the molecule is COc1ccc(CN2CC3(CCN(C(=O)c4cccnc4C(N)=O)CC3)CC2=O)cc1. The molecule has 0 bridgehead atoms. The number of carbonyl (C=O) groups excluding carboxylic acids is 3. The number of rotatable bonds is 5. The third-order valence-electron chi connectivity index (χ3n) is 6.32. The quantitative estimate of drug-likeness (QED) is 0.792. The number of likely N-dealkylation sites (tertiary alicyclic amines) is 2. The summed E-state index contributed by atoms with van der Waals surface area (Å²) >= 11 is 0. The van der Waals surface area contributed by atoms with Crippen LogP contribution in [0.25, 0.3) is 0 Å². The Morgan fingerprint density at radius 1 is 1.16 bits per heavy atom. The van der Waals surface area contributed by atoms with E-state index in [9.17, 15) is 14.4 Å². The zero-order chi connectivity index (χ0) is 22.0. The maximum atomic E-state index is 12.9. The highest BCUT2D eigenvalue weighted by Crippen LogP contribution is 2.41. The van der Waals surface area contributed by atoms with Crippen LogP contribution in [-0.2, 0) is 11.3 Å². The van der Waals surface area contributed by atoms with Gasteiger partial charge in [-0.3, -0.25) is 19.4 Å². The van der Waals surface area contributed by atoms with Gasteiger partial charge in [-0.2, -0.15) is 0 Å². The lowest BCUT2D eigenvalue weighted by atomic mass is 9.77. The summed E-state index contributed by atoms with van der Waals surface area (Å²) in [5, 5.41) is 0. The average molecular weight is 422 g/mol. The molecule has 31 heavy (non-hydrogen) atoms. The third kappa shape index (κ3) is 4.23. The highest BCUT2D eigenvalue weighted by Gasteiger charge is 2.45. The van der Waals surface area contributed by atoms with Crippen molar-refractivity contribution in [2.24, 2.45) is 11.1 Å². The minimum atomic E-state index is -0.715. The van der Waals surface area contributed by atoms with Gasteiger partial charge >= 0.3 is 0 Å². The maximum absolute atomic E-state index is 12.9. The molecule has 3 heterocycles. The first-order valence-corrected chi connectivity index (χ1v) is 10.4. The zero-order valence-electron chi connectivity index (χ0n) is 17.5. The smallest absolute Gasteiger partial charge is 0.268 e. The molecule has 4 rings (SSSR count). The fourth-order valence-corrected chi connectivity index (χ4v) is 4.54. The topological polar surface area (TPSA) is 106 Å². The number of benzene rings is 1. The van der Waals surface area contributed by atoms with Gasteiger partial charge < -0.3 is 20.3 Å². The number of hydrogen-bond acceptors (Lipinski definition) is 5. The van der Waals surface area contributed by atoms with Crippen molar-refractivity contribution in [1.29, 1.82) is 0 Å². The van der Waals surface area contributed by atoms with Gasteiger partial charge in [0.25, 0.3) is 11.8 Å². The largest absolute Gasteiger partial charge is 0.497 e. The van der Waals surface area contributed by atoms with Crippen LogP contribution in [-0.4, -0.2) is 59.2 Å². The molecule has 2 aromatic rings. The first-order chi connectivity index (χ1) is 14.9. The predicted octanol–water partition coefficient (Wildman–Crippen LogP) is 1.84.